The van der Waals surface area contributed by atoms with Crippen LogP contribution in [0, 0.1) is 11.3 Å². The van der Waals surface area contributed by atoms with Crippen molar-refractivity contribution in [2.45, 2.75) is 117 Å². The van der Waals surface area contributed by atoms with E-state index in [1.165, 1.54) is 44.9 Å². The molecule has 0 amide bonds. The van der Waals surface area contributed by atoms with Gasteiger partial charge in [0, 0.05) is 0 Å². The van der Waals surface area contributed by atoms with E-state index in [-0.39, 0.29) is 5.60 Å². The van der Waals surface area contributed by atoms with Crippen molar-refractivity contribution in [3.8, 4) is 0 Å². The van der Waals surface area contributed by atoms with E-state index in [9.17, 15) is 0 Å². The Labute approximate surface area is 138 Å². The minimum absolute atomic E-state index is 0.00219. The van der Waals surface area contributed by atoms with Crippen molar-refractivity contribution >= 4 is 0 Å². The van der Waals surface area contributed by atoms with Gasteiger partial charge < -0.3 is 9.47 Å². The molecule has 2 fully saturated rings. The molecule has 130 valence electrons. The lowest BCUT2D eigenvalue weighted by Crippen LogP contribution is -2.42. The Morgan fingerprint density at radius 2 is 1.73 bits per heavy atom. The maximum atomic E-state index is 6.67. The van der Waals surface area contributed by atoms with Gasteiger partial charge >= 0.3 is 0 Å². The van der Waals surface area contributed by atoms with Crippen LogP contribution < -0.4 is 0 Å². The molecule has 0 N–H and O–H groups in total. The third-order valence-electron chi connectivity index (χ3n) is 6.19. The van der Waals surface area contributed by atoms with Crippen LogP contribution in [0.5, 0.6) is 0 Å². The molecule has 4 unspecified atom stereocenters. The summed E-state index contributed by atoms with van der Waals surface area (Å²) >= 11 is 0. The lowest BCUT2D eigenvalue weighted by Gasteiger charge is -2.45. The molecule has 2 nitrogen and oxygen atoms in total. The number of ether oxygens (including phenoxy) is 2. The first-order chi connectivity index (χ1) is 10.2. The van der Waals surface area contributed by atoms with Crippen molar-refractivity contribution in [3.63, 3.8) is 0 Å². The third kappa shape index (κ3) is 4.96. The zero-order chi connectivity index (χ0) is 16.4. The predicted molar refractivity (Wildman–Crippen MR) is 93.2 cm³/mol. The van der Waals surface area contributed by atoms with Gasteiger partial charge in [0.1, 0.15) is 0 Å². The molecular weight excluding hydrogens is 272 g/mol. The smallest absolute Gasteiger partial charge is 0.0839 e. The van der Waals surface area contributed by atoms with Gasteiger partial charge in [-0.25, -0.2) is 0 Å². The van der Waals surface area contributed by atoms with Crippen molar-refractivity contribution in [2.75, 3.05) is 0 Å². The van der Waals surface area contributed by atoms with Gasteiger partial charge in [0.05, 0.1) is 23.9 Å². The van der Waals surface area contributed by atoms with Crippen LogP contribution in [0.1, 0.15) is 92.9 Å². The molecule has 0 radical (unpaired) electrons. The maximum Gasteiger partial charge on any atom is 0.0839 e. The van der Waals surface area contributed by atoms with Crippen molar-refractivity contribution in [3.05, 3.63) is 0 Å². The molecule has 0 aromatic carbocycles. The summed E-state index contributed by atoms with van der Waals surface area (Å²) in [7, 11) is 0. The van der Waals surface area contributed by atoms with Gasteiger partial charge in [-0.05, 0) is 64.2 Å². The van der Waals surface area contributed by atoms with Gasteiger partial charge in [0.25, 0.3) is 0 Å². The van der Waals surface area contributed by atoms with Crippen molar-refractivity contribution < 1.29 is 9.47 Å². The zero-order valence-corrected chi connectivity index (χ0v) is 15.8. The Bertz CT molecular complexity index is 348. The molecule has 1 aliphatic carbocycles. The lowest BCUT2D eigenvalue weighted by atomic mass is 9.68. The van der Waals surface area contributed by atoms with E-state index in [1.54, 1.807) is 0 Å². The summed E-state index contributed by atoms with van der Waals surface area (Å²) in [6.07, 6.45) is 11.6. The first-order valence-electron chi connectivity index (χ1n) is 9.58. The highest BCUT2D eigenvalue weighted by Crippen LogP contribution is 2.43. The number of epoxide rings is 1. The Morgan fingerprint density at radius 3 is 2.32 bits per heavy atom. The molecule has 0 bridgehead atoms. The Morgan fingerprint density at radius 1 is 1.09 bits per heavy atom. The fraction of sp³-hybridized carbons (Fsp3) is 1.00. The lowest BCUT2D eigenvalue weighted by molar-refractivity contribution is -0.133. The predicted octanol–water partition coefficient (Wildman–Crippen LogP) is 5.73. The van der Waals surface area contributed by atoms with Crippen LogP contribution in [0.15, 0.2) is 0 Å². The summed E-state index contributed by atoms with van der Waals surface area (Å²) in [5.74, 6) is 0.720. The highest BCUT2D eigenvalue weighted by molar-refractivity contribution is 4.89. The van der Waals surface area contributed by atoms with Crippen LogP contribution in [0.4, 0.5) is 0 Å². The van der Waals surface area contributed by atoms with E-state index in [4.69, 9.17) is 9.47 Å². The minimum Gasteiger partial charge on any atom is -0.372 e. The molecule has 2 aliphatic rings. The molecule has 2 heteroatoms. The highest BCUT2D eigenvalue weighted by Gasteiger charge is 2.39. The van der Waals surface area contributed by atoms with Crippen molar-refractivity contribution in [1.82, 2.24) is 0 Å². The number of hydrogen-bond acceptors (Lipinski definition) is 2. The van der Waals surface area contributed by atoms with Crippen LogP contribution in [0.25, 0.3) is 0 Å². The fourth-order valence-corrected chi connectivity index (χ4v) is 4.12. The second kappa shape index (κ2) is 7.21. The molecule has 4 atom stereocenters. The minimum atomic E-state index is 0.00219. The molecule has 1 aliphatic heterocycles. The molecule has 2 rings (SSSR count). The van der Waals surface area contributed by atoms with Crippen molar-refractivity contribution in [1.29, 1.82) is 0 Å². The largest absolute Gasteiger partial charge is 0.372 e. The fourth-order valence-electron chi connectivity index (χ4n) is 4.12. The maximum absolute atomic E-state index is 6.67. The second-order valence-corrected chi connectivity index (χ2v) is 8.92. The van der Waals surface area contributed by atoms with E-state index in [2.05, 4.69) is 41.5 Å². The zero-order valence-electron chi connectivity index (χ0n) is 15.8. The van der Waals surface area contributed by atoms with Gasteiger partial charge in [-0.3, -0.25) is 0 Å². The first-order valence-corrected chi connectivity index (χ1v) is 9.58. The standard InChI is InChI=1S/C20H38O2/c1-7-19(3,4)16-11-8-9-12-18(16)22-20(5,6)14-10-13-17-15(2)21-17/h15-18H,7-14H2,1-6H3. The third-order valence-corrected chi connectivity index (χ3v) is 6.19. The molecule has 0 spiro atoms. The summed E-state index contributed by atoms with van der Waals surface area (Å²) in [6, 6.07) is 0. The quantitative estimate of drug-likeness (QED) is 0.534. The van der Waals surface area contributed by atoms with E-state index in [1.807, 2.05) is 0 Å². The summed E-state index contributed by atoms with van der Waals surface area (Å²) in [5, 5.41) is 0. The molecule has 1 heterocycles. The van der Waals surface area contributed by atoms with E-state index in [0.717, 1.165) is 12.3 Å². The van der Waals surface area contributed by atoms with Crippen LogP contribution in [0.3, 0.4) is 0 Å². The molecule has 0 aromatic heterocycles. The van der Waals surface area contributed by atoms with E-state index >= 15 is 0 Å². The van der Waals surface area contributed by atoms with Crippen LogP contribution in [-0.2, 0) is 9.47 Å². The molecular formula is C20H38O2. The number of rotatable bonds is 8. The first kappa shape index (κ1) is 18.3. The second-order valence-electron chi connectivity index (χ2n) is 8.92. The van der Waals surface area contributed by atoms with E-state index < -0.39 is 0 Å². The summed E-state index contributed by atoms with van der Waals surface area (Å²) in [5.41, 5.74) is 0.403. The molecule has 22 heavy (non-hydrogen) atoms. The topological polar surface area (TPSA) is 21.8 Å². The monoisotopic (exact) mass is 310 g/mol. The van der Waals surface area contributed by atoms with Crippen LogP contribution in [-0.4, -0.2) is 23.9 Å². The Kier molecular flexibility index (Phi) is 5.99. The number of hydrogen-bond donors (Lipinski definition) is 0. The van der Waals surface area contributed by atoms with Gasteiger partial charge in [-0.2, -0.15) is 0 Å². The van der Waals surface area contributed by atoms with Crippen LogP contribution in [0.2, 0.25) is 0 Å². The highest BCUT2D eigenvalue weighted by atomic mass is 16.6. The Hall–Kier alpha value is -0.0800. The average Bonchev–Trinajstić information content (AvgIpc) is 3.14. The SMILES string of the molecule is CCC(C)(C)C1CCCCC1OC(C)(C)CCCC1OC1C. The summed E-state index contributed by atoms with van der Waals surface area (Å²) < 4.78 is 12.2. The molecule has 1 saturated heterocycles. The normalized spacial score (nSPS) is 33.0. The Balaban J connectivity index is 1.84. The average molecular weight is 311 g/mol. The van der Waals surface area contributed by atoms with Gasteiger partial charge in [-0.1, -0.05) is 40.0 Å². The van der Waals surface area contributed by atoms with Gasteiger partial charge in [-0.15, -0.1) is 0 Å². The van der Waals surface area contributed by atoms with Crippen molar-refractivity contribution in [2.24, 2.45) is 11.3 Å². The van der Waals surface area contributed by atoms with Gasteiger partial charge in [0.15, 0.2) is 0 Å². The molecule has 1 saturated carbocycles. The van der Waals surface area contributed by atoms with Gasteiger partial charge in [0.2, 0.25) is 0 Å². The summed E-state index contributed by atoms with van der Waals surface area (Å²) in [6.45, 7) is 13.9. The van der Waals surface area contributed by atoms with E-state index in [0.29, 0.717) is 23.7 Å². The summed E-state index contributed by atoms with van der Waals surface area (Å²) in [4.78, 5) is 0. The molecule has 0 aromatic rings. The van der Waals surface area contributed by atoms with Crippen LogP contribution >= 0.6 is 0 Å².